The molecule has 0 radical (unpaired) electrons. The van der Waals surface area contributed by atoms with Crippen molar-refractivity contribution in [1.29, 1.82) is 0 Å². The van der Waals surface area contributed by atoms with E-state index in [0.29, 0.717) is 5.92 Å². The van der Waals surface area contributed by atoms with Gasteiger partial charge in [0.1, 0.15) is 0 Å². The maximum absolute atomic E-state index is 4.29. The minimum absolute atomic E-state index is 0.00796. The Labute approximate surface area is 91.1 Å². The Morgan fingerprint density at radius 3 is 2.73 bits per heavy atom. The van der Waals surface area contributed by atoms with Crippen LogP contribution in [-0.2, 0) is 5.41 Å². The maximum atomic E-state index is 4.29. The number of hydrogen-bond donors (Lipinski definition) is 1. The molecule has 1 aromatic heterocycles. The second-order valence-corrected chi connectivity index (χ2v) is 5.00. The Morgan fingerprint density at radius 1 is 1.33 bits per heavy atom. The fourth-order valence-electron chi connectivity index (χ4n) is 2.05. The summed E-state index contributed by atoms with van der Waals surface area (Å²) in [5.74, 6) is 0.545. The number of aromatic amines is 1. The molecule has 80 valence electrons. The molecule has 0 spiro atoms. The number of fused-ring (bicyclic) bond motifs is 1. The number of aromatic nitrogens is 1. The Hall–Kier alpha value is -1.31. The van der Waals surface area contributed by atoms with E-state index >= 15 is 0 Å². The zero-order chi connectivity index (χ0) is 11.1. The molecule has 2 heteroatoms. The van der Waals surface area contributed by atoms with E-state index in [2.05, 4.69) is 49.9 Å². The largest absolute Gasteiger partial charge is 0.363 e. The van der Waals surface area contributed by atoms with Crippen LogP contribution < -0.4 is 0 Å². The lowest BCUT2D eigenvalue weighted by Gasteiger charge is -2.18. The third-order valence-electron chi connectivity index (χ3n) is 2.94. The normalized spacial score (nSPS) is 17.9. The van der Waals surface area contributed by atoms with Crippen LogP contribution in [0.4, 0.5) is 0 Å². The van der Waals surface area contributed by atoms with Crippen LogP contribution in [0.5, 0.6) is 0 Å². The van der Waals surface area contributed by atoms with Gasteiger partial charge in [0.25, 0.3) is 0 Å². The first kappa shape index (κ1) is 10.2. The van der Waals surface area contributed by atoms with E-state index in [4.69, 9.17) is 0 Å². The lowest BCUT2D eigenvalue weighted by Crippen LogP contribution is -2.19. The summed E-state index contributed by atoms with van der Waals surface area (Å²) >= 11 is 0. The molecule has 1 N–H and O–H groups in total. The molecule has 1 aromatic rings. The predicted molar refractivity (Wildman–Crippen MR) is 65.4 cm³/mol. The van der Waals surface area contributed by atoms with E-state index in [1.54, 1.807) is 0 Å². The number of nitrogens with zero attached hydrogens (tertiary/aromatic N) is 1. The first-order valence-corrected chi connectivity index (χ1v) is 5.45. The highest BCUT2D eigenvalue weighted by atomic mass is 14.8. The van der Waals surface area contributed by atoms with Crippen molar-refractivity contribution in [2.45, 2.75) is 39.0 Å². The van der Waals surface area contributed by atoms with Gasteiger partial charge in [-0.15, -0.1) is 0 Å². The van der Waals surface area contributed by atoms with Gasteiger partial charge in [-0.1, -0.05) is 13.8 Å². The van der Waals surface area contributed by atoms with Gasteiger partial charge in [0, 0.05) is 35.3 Å². The molecule has 0 aromatic carbocycles. The van der Waals surface area contributed by atoms with Crippen LogP contribution in [0.1, 0.15) is 50.4 Å². The van der Waals surface area contributed by atoms with E-state index in [9.17, 15) is 0 Å². The summed E-state index contributed by atoms with van der Waals surface area (Å²) < 4.78 is 0. The Kier molecular flexibility index (Phi) is 2.29. The molecule has 1 aliphatic heterocycles. The molecule has 0 amide bonds. The minimum atomic E-state index is -0.00796. The van der Waals surface area contributed by atoms with Crippen LogP contribution in [0.15, 0.2) is 17.4 Å². The molecular weight excluding hydrogens is 184 g/mol. The van der Waals surface area contributed by atoms with Gasteiger partial charge in [-0.2, -0.15) is 0 Å². The molecule has 0 fully saturated rings. The zero-order valence-electron chi connectivity index (χ0n) is 9.83. The first-order valence-electron chi connectivity index (χ1n) is 5.45. The zero-order valence-corrected chi connectivity index (χ0v) is 9.83. The van der Waals surface area contributed by atoms with E-state index in [1.165, 1.54) is 16.8 Å². The Balaban J connectivity index is 2.60. The summed E-state index contributed by atoms with van der Waals surface area (Å²) in [7, 11) is 0. The fourth-order valence-corrected chi connectivity index (χ4v) is 2.05. The number of rotatable bonds is 1. The minimum Gasteiger partial charge on any atom is -0.363 e. The van der Waals surface area contributed by atoms with Crippen LogP contribution >= 0.6 is 0 Å². The monoisotopic (exact) mass is 202 g/mol. The summed E-state index contributed by atoms with van der Waals surface area (Å²) in [5.41, 5.74) is 3.95. The van der Waals surface area contributed by atoms with Crippen molar-refractivity contribution >= 4 is 12.3 Å². The predicted octanol–water partition coefficient (Wildman–Crippen LogP) is 3.47. The second-order valence-electron chi connectivity index (χ2n) is 5.00. The average molecular weight is 202 g/mol. The lowest BCUT2D eigenvalue weighted by molar-refractivity contribution is 0.709. The lowest BCUT2D eigenvalue weighted by atomic mass is 9.86. The van der Waals surface area contributed by atoms with Crippen molar-refractivity contribution in [1.82, 2.24) is 4.98 Å². The molecule has 0 aliphatic carbocycles. The smallest absolute Gasteiger partial charge is 0.0406 e. The summed E-state index contributed by atoms with van der Waals surface area (Å²) in [4.78, 5) is 7.68. The molecule has 0 unspecified atom stereocenters. The van der Waals surface area contributed by atoms with Gasteiger partial charge in [-0.25, -0.2) is 0 Å². The summed E-state index contributed by atoms with van der Waals surface area (Å²) in [6, 6.07) is 0. The number of aliphatic imine (C=N–C) groups is 1. The molecule has 15 heavy (non-hydrogen) atoms. The summed E-state index contributed by atoms with van der Waals surface area (Å²) in [6.07, 6.45) is 8.11. The molecule has 0 saturated heterocycles. The SMILES string of the molecule is CC(C)c1c[nH]c2c1C=CN=CC2(C)C. The Morgan fingerprint density at radius 2 is 2.07 bits per heavy atom. The van der Waals surface area contributed by atoms with E-state index in [-0.39, 0.29) is 5.41 Å². The van der Waals surface area contributed by atoms with Crippen molar-refractivity contribution in [3.63, 3.8) is 0 Å². The molecule has 0 bridgehead atoms. The molecule has 2 nitrogen and oxygen atoms in total. The van der Waals surface area contributed by atoms with Crippen LogP contribution in [-0.4, -0.2) is 11.2 Å². The average Bonchev–Trinajstić information content (AvgIpc) is 2.51. The van der Waals surface area contributed by atoms with Gasteiger partial charge in [-0.3, -0.25) is 4.99 Å². The molecule has 0 saturated carbocycles. The highest BCUT2D eigenvalue weighted by Crippen LogP contribution is 2.32. The quantitative estimate of drug-likeness (QED) is 0.722. The van der Waals surface area contributed by atoms with Gasteiger partial charge in [0.2, 0.25) is 0 Å². The first-order chi connectivity index (χ1) is 7.02. The highest BCUT2D eigenvalue weighted by Gasteiger charge is 2.25. The fraction of sp³-hybridized carbons (Fsp3) is 0.462. The van der Waals surface area contributed by atoms with Crippen molar-refractivity contribution in [2.24, 2.45) is 4.99 Å². The number of nitrogens with one attached hydrogen (secondary N) is 1. The molecule has 1 aliphatic rings. The maximum Gasteiger partial charge on any atom is 0.0406 e. The highest BCUT2D eigenvalue weighted by molar-refractivity contribution is 5.78. The van der Waals surface area contributed by atoms with Crippen molar-refractivity contribution < 1.29 is 0 Å². The molecular formula is C13H18N2. The van der Waals surface area contributed by atoms with Crippen LogP contribution in [0.3, 0.4) is 0 Å². The van der Waals surface area contributed by atoms with Gasteiger partial charge >= 0.3 is 0 Å². The summed E-state index contributed by atoms with van der Waals surface area (Å²) in [5, 5.41) is 0. The number of H-pyrrole nitrogens is 1. The molecule has 2 rings (SSSR count). The van der Waals surface area contributed by atoms with Crippen molar-refractivity contribution in [2.75, 3.05) is 0 Å². The molecule has 2 heterocycles. The van der Waals surface area contributed by atoms with E-state index in [1.807, 2.05) is 12.4 Å². The topological polar surface area (TPSA) is 28.1 Å². The van der Waals surface area contributed by atoms with Gasteiger partial charge in [-0.05, 0) is 31.4 Å². The standard InChI is InChI=1S/C13H18N2/c1-9(2)11-7-15-12-10(11)5-6-14-8-13(12,3)4/h5-9,15H,1-4H3. The van der Waals surface area contributed by atoms with E-state index in [0.717, 1.165) is 0 Å². The van der Waals surface area contributed by atoms with Gasteiger partial charge < -0.3 is 4.98 Å². The van der Waals surface area contributed by atoms with Crippen LogP contribution in [0, 0.1) is 0 Å². The van der Waals surface area contributed by atoms with Crippen LogP contribution in [0.25, 0.3) is 6.08 Å². The van der Waals surface area contributed by atoms with Crippen molar-refractivity contribution in [3.8, 4) is 0 Å². The second kappa shape index (κ2) is 3.37. The number of hydrogen-bond acceptors (Lipinski definition) is 1. The van der Waals surface area contributed by atoms with Gasteiger partial charge in [0.05, 0.1) is 0 Å². The van der Waals surface area contributed by atoms with Crippen LogP contribution in [0.2, 0.25) is 0 Å². The van der Waals surface area contributed by atoms with Gasteiger partial charge in [0.15, 0.2) is 0 Å². The Bertz CT molecular complexity index is 420. The van der Waals surface area contributed by atoms with Crippen molar-refractivity contribution in [3.05, 3.63) is 29.2 Å². The summed E-state index contributed by atoms with van der Waals surface area (Å²) in [6.45, 7) is 8.80. The third kappa shape index (κ3) is 1.65. The third-order valence-corrected chi connectivity index (χ3v) is 2.94. The van der Waals surface area contributed by atoms with E-state index < -0.39 is 0 Å². The molecule has 0 atom stereocenters.